The number of aromatic nitrogens is 1. The molecule has 9 nitrogen and oxygen atoms in total. The SMILES string of the molecule is COc1cc([N+](=O)[O-])ccc1NC(=O)/C(C#N)=C\Nc1cccnc1Cl. The van der Waals surface area contributed by atoms with Crippen molar-refractivity contribution < 1.29 is 14.5 Å². The van der Waals surface area contributed by atoms with Crippen LogP contribution in [0.3, 0.4) is 0 Å². The van der Waals surface area contributed by atoms with Crippen LogP contribution in [0.15, 0.2) is 48.3 Å². The summed E-state index contributed by atoms with van der Waals surface area (Å²) in [5.74, 6) is -0.639. The molecule has 2 N–H and O–H groups in total. The van der Waals surface area contributed by atoms with Gasteiger partial charge in [0.15, 0.2) is 5.15 Å². The third-order valence-corrected chi connectivity index (χ3v) is 3.44. The molecule has 1 heterocycles. The Balaban J connectivity index is 2.19. The number of hydrogen-bond acceptors (Lipinski definition) is 7. The Hall–Kier alpha value is -3.64. The van der Waals surface area contributed by atoms with E-state index in [1.54, 1.807) is 18.2 Å². The number of nitriles is 1. The number of nitro groups is 1. The maximum atomic E-state index is 12.3. The van der Waals surface area contributed by atoms with E-state index in [1.165, 1.54) is 37.7 Å². The summed E-state index contributed by atoms with van der Waals surface area (Å²) >= 11 is 5.88. The van der Waals surface area contributed by atoms with E-state index in [2.05, 4.69) is 15.6 Å². The average molecular weight is 374 g/mol. The maximum Gasteiger partial charge on any atom is 0.273 e. The molecule has 0 aliphatic heterocycles. The Morgan fingerprint density at radius 1 is 1.42 bits per heavy atom. The second-order valence-electron chi connectivity index (χ2n) is 4.75. The molecule has 0 saturated carbocycles. The first kappa shape index (κ1) is 18.7. The van der Waals surface area contributed by atoms with Crippen LogP contribution < -0.4 is 15.4 Å². The van der Waals surface area contributed by atoms with Gasteiger partial charge in [-0.3, -0.25) is 14.9 Å². The van der Waals surface area contributed by atoms with Gasteiger partial charge in [0, 0.05) is 18.5 Å². The predicted octanol–water partition coefficient (Wildman–Crippen LogP) is 3.11. The first-order valence-electron chi connectivity index (χ1n) is 7.07. The van der Waals surface area contributed by atoms with Gasteiger partial charge in [0.2, 0.25) is 0 Å². The molecular weight excluding hydrogens is 362 g/mol. The molecular formula is C16H12ClN5O4. The summed E-state index contributed by atoms with van der Waals surface area (Å²) in [6.45, 7) is 0. The van der Waals surface area contributed by atoms with Crippen molar-refractivity contribution in [2.45, 2.75) is 0 Å². The Bertz CT molecular complexity index is 923. The van der Waals surface area contributed by atoms with Crippen LogP contribution in [-0.2, 0) is 4.79 Å². The van der Waals surface area contributed by atoms with Crippen molar-refractivity contribution in [2.75, 3.05) is 17.7 Å². The van der Waals surface area contributed by atoms with Crippen LogP contribution in [0, 0.1) is 21.4 Å². The summed E-state index contributed by atoms with van der Waals surface area (Å²) in [6.07, 6.45) is 2.67. The standard InChI is InChI=1S/C16H12ClN5O4/c1-26-14-7-11(22(24)25)4-5-12(14)21-16(23)10(8-18)9-20-13-3-2-6-19-15(13)17/h2-7,9,20H,1H3,(H,21,23)/b10-9-. The maximum absolute atomic E-state index is 12.3. The Labute approximate surface area is 153 Å². The highest BCUT2D eigenvalue weighted by Gasteiger charge is 2.16. The highest BCUT2D eigenvalue weighted by molar-refractivity contribution is 6.32. The third kappa shape index (κ3) is 4.46. The van der Waals surface area contributed by atoms with E-state index in [0.717, 1.165) is 0 Å². The lowest BCUT2D eigenvalue weighted by Gasteiger charge is -2.10. The summed E-state index contributed by atoms with van der Waals surface area (Å²) in [5, 5.41) is 25.3. The molecule has 1 aromatic heterocycles. The molecule has 0 fully saturated rings. The van der Waals surface area contributed by atoms with Crippen LogP contribution in [0.25, 0.3) is 0 Å². The number of rotatable bonds is 6. The van der Waals surface area contributed by atoms with Crippen LogP contribution in [0.2, 0.25) is 5.15 Å². The summed E-state index contributed by atoms with van der Waals surface area (Å²) in [4.78, 5) is 26.3. The van der Waals surface area contributed by atoms with E-state index in [0.29, 0.717) is 5.69 Å². The van der Waals surface area contributed by atoms with E-state index in [-0.39, 0.29) is 27.9 Å². The van der Waals surface area contributed by atoms with E-state index in [1.807, 2.05) is 0 Å². The minimum atomic E-state index is -0.729. The molecule has 0 saturated heterocycles. The molecule has 1 aromatic carbocycles. The van der Waals surface area contributed by atoms with Gasteiger partial charge in [0.1, 0.15) is 17.4 Å². The normalized spacial score (nSPS) is 10.6. The molecule has 132 valence electrons. The van der Waals surface area contributed by atoms with Crippen LogP contribution in [0.1, 0.15) is 0 Å². The van der Waals surface area contributed by atoms with Crippen LogP contribution in [0.4, 0.5) is 17.1 Å². The number of hydrogen-bond donors (Lipinski definition) is 2. The van der Waals surface area contributed by atoms with Gasteiger partial charge in [0.05, 0.1) is 29.5 Å². The number of pyridine rings is 1. The summed E-state index contributed by atoms with van der Waals surface area (Å²) in [7, 11) is 1.31. The molecule has 1 amide bonds. The summed E-state index contributed by atoms with van der Waals surface area (Å²) in [6, 6.07) is 8.70. The quantitative estimate of drug-likeness (QED) is 0.261. The number of carbonyl (C=O) groups is 1. The zero-order chi connectivity index (χ0) is 19.1. The minimum Gasteiger partial charge on any atom is -0.494 e. The Morgan fingerprint density at radius 3 is 2.81 bits per heavy atom. The third-order valence-electron chi connectivity index (χ3n) is 3.14. The number of nitro benzene ring substituents is 1. The lowest BCUT2D eigenvalue weighted by atomic mass is 10.2. The molecule has 0 aliphatic rings. The van der Waals surface area contributed by atoms with Crippen molar-refractivity contribution in [3.05, 3.63) is 63.6 Å². The number of benzene rings is 1. The van der Waals surface area contributed by atoms with Gasteiger partial charge in [0.25, 0.3) is 11.6 Å². The molecule has 0 bridgehead atoms. The van der Waals surface area contributed by atoms with Crippen molar-refractivity contribution in [2.24, 2.45) is 0 Å². The van der Waals surface area contributed by atoms with Crippen LogP contribution in [-0.4, -0.2) is 22.9 Å². The van der Waals surface area contributed by atoms with Gasteiger partial charge in [-0.1, -0.05) is 11.6 Å². The second kappa shape index (κ2) is 8.46. The zero-order valence-corrected chi connectivity index (χ0v) is 14.1. The molecule has 10 heteroatoms. The average Bonchev–Trinajstić information content (AvgIpc) is 2.63. The first-order chi connectivity index (χ1) is 12.5. The highest BCUT2D eigenvalue weighted by atomic mass is 35.5. The van der Waals surface area contributed by atoms with E-state index in [9.17, 15) is 20.2 Å². The van der Waals surface area contributed by atoms with Gasteiger partial charge in [-0.05, 0) is 18.2 Å². The number of non-ortho nitro benzene ring substituents is 1. The van der Waals surface area contributed by atoms with Crippen molar-refractivity contribution in [3.8, 4) is 11.8 Å². The lowest BCUT2D eigenvalue weighted by Crippen LogP contribution is -2.15. The summed E-state index contributed by atoms with van der Waals surface area (Å²) in [5.41, 5.74) is 0.167. The number of anilines is 2. The molecule has 0 aliphatic carbocycles. The van der Waals surface area contributed by atoms with Gasteiger partial charge in [-0.25, -0.2) is 4.98 Å². The smallest absolute Gasteiger partial charge is 0.273 e. The lowest BCUT2D eigenvalue weighted by molar-refractivity contribution is -0.384. The molecule has 2 aromatic rings. The monoisotopic (exact) mass is 373 g/mol. The van der Waals surface area contributed by atoms with Gasteiger partial charge < -0.3 is 15.4 Å². The van der Waals surface area contributed by atoms with E-state index >= 15 is 0 Å². The van der Waals surface area contributed by atoms with E-state index in [4.69, 9.17) is 16.3 Å². The van der Waals surface area contributed by atoms with Crippen LogP contribution in [0.5, 0.6) is 5.75 Å². The van der Waals surface area contributed by atoms with Crippen molar-refractivity contribution in [3.63, 3.8) is 0 Å². The number of amides is 1. The molecule has 0 unspecified atom stereocenters. The van der Waals surface area contributed by atoms with Crippen molar-refractivity contribution >= 4 is 34.6 Å². The van der Waals surface area contributed by atoms with Gasteiger partial charge >= 0.3 is 0 Å². The van der Waals surface area contributed by atoms with E-state index < -0.39 is 10.8 Å². The number of carbonyl (C=O) groups excluding carboxylic acids is 1. The minimum absolute atomic E-state index is 0.0908. The summed E-state index contributed by atoms with van der Waals surface area (Å²) < 4.78 is 5.03. The topological polar surface area (TPSA) is 130 Å². The predicted molar refractivity (Wildman–Crippen MR) is 94.8 cm³/mol. The highest BCUT2D eigenvalue weighted by Crippen LogP contribution is 2.29. The number of ether oxygens (including phenoxy) is 1. The number of methoxy groups -OCH3 is 1. The molecule has 2 rings (SSSR count). The van der Waals surface area contributed by atoms with Gasteiger partial charge in [-0.15, -0.1) is 0 Å². The Morgan fingerprint density at radius 2 is 2.19 bits per heavy atom. The second-order valence-corrected chi connectivity index (χ2v) is 5.11. The number of halogens is 1. The van der Waals surface area contributed by atoms with Crippen LogP contribution >= 0.6 is 11.6 Å². The van der Waals surface area contributed by atoms with Crippen molar-refractivity contribution in [1.82, 2.24) is 4.98 Å². The molecule has 0 spiro atoms. The van der Waals surface area contributed by atoms with Gasteiger partial charge in [-0.2, -0.15) is 5.26 Å². The molecule has 0 atom stereocenters. The fraction of sp³-hybridized carbons (Fsp3) is 0.0625. The first-order valence-corrected chi connectivity index (χ1v) is 7.45. The number of nitrogens with zero attached hydrogens (tertiary/aromatic N) is 3. The fourth-order valence-electron chi connectivity index (χ4n) is 1.88. The molecule has 0 radical (unpaired) electrons. The largest absolute Gasteiger partial charge is 0.494 e. The fourth-order valence-corrected chi connectivity index (χ4v) is 2.05. The van der Waals surface area contributed by atoms with Crippen molar-refractivity contribution in [1.29, 1.82) is 5.26 Å². The zero-order valence-electron chi connectivity index (χ0n) is 13.4. The Kier molecular flexibility index (Phi) is 6.08. The molecule has 26 heavy (non-hydrogen) atoms. The number of nitrogens with one attached hydrogen (secondary N) is 2.